The lowest BCUT2D eigenvalue weighted by molar-refractivity contribution is -0.674. The maximum Gasteiger partial charge on any atom is 0.316 e. The van der Waals surface area contributed by atoms with Crippen molar-refractivity contribution < 1.29 is 9.47 Å². The van der Waals surface area contributed by atoms with Crippen LogP contribution in [0.3, 0.4) is 0 Å². The summed E-state index contributed by atoms with van der Waals surface area (Å²) >= 11 is 3.64. The van der Waals surface area contributed by atoms with Crippen LogP contribution in [-0.4, -0.2) is 10.9 Å². The fourth-order valence-corrected chi connectivity index (χ4v) is 3.66. The highest BCUT2D eigenvalue weighted by atomic mass is 79.9. The molecule has 0 fully saturated rings. The second kappa shape index (κ2) is 8.59. The fraction of sp³-hybridized carbons (Fsp3) is 0.0800. The van der Waals surface area contributed by atoms with Crippen LogP contribution in [0.2, 0.25) is 0 Å². The molecule has 0 aliphatic carbocycles. The number of nitrogens with zero attached hydrogens (tertiary/aromatic N) is 3. The van der Waals surface area contributed by atoms with E-state index in [-0.39, 0.29) is 5.91 Å². The maximum atomic E-state index is 13.4. The summed E-state index contributed by atoms with van der Waals surface area (Å²) in [5, 5.41) is 1.56. The summed E-state index contributed by atoms with van der Waals surface area (Å²) in [6.45, 7) is 4.06. The van der Waals surface area contributed by atoms with Gasteiger partial charge in [0, 0.05) is 29.5 Å². The van der Waals surface area contributed by atoms with Crippen LogP contribution >= 0.6 is 15.9 Å². The van der Waals surface area contributed by atoms with Gasteiger partial charge in [0.15, 0.2) is 0 Å². The highest BCUT2D eigenvalue weighted by Crippen LogP contribution is 2.29. The molecule has 0 atom stereocenters. The number of aromatic nitrogens is 2. The fourth-order valence-electron chi connectivity index (χ4n) is 3.14. The number of hydrogen-bond donors (Lipinski definition) is 0. The van der Waals surface area contributed by atoms with E-state index >= 15 is 0 Å². The topological polar surface area (TPSA) is 37.1 Å². The normalized spacial score (nSPS) is 10.6. The molecule has 0 aliphatic heterocycles. The Morgan fingerprint density at radius 1 is 0.867 bits per heavy atom. The molecule has 4 rings (SSSR count). The molecule has 2 aromatic heterocycles. The van der Waals surface area contributed by atoms with Crippen molar-refractivity contribution in [3.05, 3.63) is 113 Å². The predicted molar refractivity (Wildman–Crippen MR) is 122 cm³/mol. The number of aryl methyl sites for hydroxylation is 2. The Morgan fingerprint density at radius 2 is 1.47 bits per heavy atom. The van der Waals surface area contributed by atoms with Gasteiger partial charge in [0.1, 0.15) is 0 Å². The van der Waals surface area contributed by atoms with Crippen LogP contribution in [0.5, 0.6) is 0 Å². The zero-order valence-electron chi connectivity index (χ0n) is 16.8. The quantitative estimate of drug-likeness (QED) is 0.377. The van der Waals surface area contributed by atoms with E-state index in [1.54, 1.807) is 15.9 Å². The van der Waals surface area contributed by atoms with Crippen molar-refractivity contribution in [1.29, 1.82) is 0 Å². The minimum Gasteiger partial charge on any atom is -0.263 e. The van der Waals surface area contributed by atoms with Gasteiger partial charge in [-0.25, -0.2) is 4.98 Å². The van der Waals surface area contributed by atoms with E-state index in [0.717, 1.165) is 21.2 Å². The van der Waals surface area contributed by atoms with Crippen LogP contribution in [0, 0.1) is 13.8 Å². The molecule has 2 aromatic carbocycles. The van der Waals surface area contributed by atoms with Crippen LogP contribution in [-0.2, 0) is 0 Å². The lowest BCUT2D eigenvalue weighted by Crippen LogP contribution is -2.57. The maximum absolute atomic E-state index is 13.4. The predicted octanol–water partition coefficient (Wildman–Crippen LogP) is 5.53. The molecular formula is C25H21BrN3O+. The first-order valence-electron chi connectivity index (χ1n) is 9.63. The SMILES string of the molecule is Cc1ccc(C(=O)N(c2ncc(-c3ccc(C)cc3)cc2Br)[n+]2ccccc2)cc1. The number of carbonyl (C=O) groups is 1. The molecule has 0 radical (unpaired) electrons. The summed E-state index contributed by atoms with van der Waals surface area (Å²) < 4.78 is 2.47. The zero-order chi connectivity index (χ0) is 21.1. The van der Waals surface area contributed by atoms with Gasteiger partial charge in [0.05, 0.1) is 4.47 Å². The van der Waals surface area contributed by atoms with Crippen molar-refractivity contribution in [3.8, 4) is 11.1 Å². The highest BCUT2D eigenvalue weighted by Gasteiger charge is 2.29. The molecule has 0 spiro atoms. The zero-order valence-corrected chi connectivity index (χ0v) is 18.4. The molecule has 2 heterocycles. The first kappa shape index (κ1) is 20.0. The number of rotatable bonds is 4. The second-order valence-corrected chi connectivity index (χ2v) is 7.99. The largest absolute Gasteiger partial charge is 0.316 e. The molecule has 0 saturated carbocycles. The number of amides is 1. The molecule has 1 amide bonds. The minimum absolute atomic E-state index is 0.164. The minimum atomic E-state index is -0.164. The van der Waals surface area contributed by atoms with E-state index in [2.05, 4.69) is 52.1 Å². The number of halogens is 1. The third kappa shape index (κ3) is 4.16. The summed E-state index contributed by atoms with van der Waals surface area (Å²) in [5.41, 5.74) is 4.95. The van der Waals surface area contributed by atoms with Crippen LogP contribution in [0.25, 0.3) is 11.1 Å². The third-order valence-electron chi connectivity index (χ3n) is 4.83. The van der Waals surface area contributed by atoms with E-state index in [4.69, 9.17) is 0 Å². The molecule has 30 heavy (non-hydrogen) atoms. The van der Waals surface area contributed by atoms with Gasteiger partial charge in [0.2, 0.25) is 18.2 Å². The van der Waals surface area contributed by atoms with Gasteiger partial charge >= 0.3 is 5.91 Å². The van der Waals surface area contributed by atoms with Crippen molar-refractivity contribution >= 4 is 27.7 Å². The third-order valence-corrected chi connectivity index (χ3v) is 5.41. The first-order chi connectivity index (χ1) is 14.5. The lowest BCUT2D eigenvalue weighted by Gasteiger charge is -2.17. The summed E-state index contributed by atoms with van der Waals surface area (Å²) in [4.78, 5) is 18.1. The molecular weight excluding hydrogens is 438 g/mol. The van der Waals surface area contributed by atoms with Gasteiger partial charge in [-0.2, -0.15) is 0 Å². The summed E-state index contributed by atoms with van der Waals surface area (Å²) in [6, 6.07) is 23.5. The second-order valence-electron chi connectivity index (χ2n) is 7.13. The average Bonchev–Trinajstić information content (AvgIpc) is 2.77. The smallest absolute Gasteiger partial charge is 0.263 e. The Hall–Kier alpha value is -3.31. The van der Waals surface area contributed by atoms with Crippen LogP contribution in [0.15, 0.2) is 95.9 Å². The number of benzene rings is 2. The Labute approximate surface area is 184 Å². The highest BCUT2D eigenvalue weighted by molar-refractivity contribution is 9.10. The van der Waals surface area contributed by atoms with Crippen molar-refractivity contribution in [2.24, 2.45) is 0 Å². The van der Waals surface area contributed by atoms with Crippen molar-refractivity contribution in [2.75, 3.05) is 5.01 Å². The number of anilines is 1. The van der Waals surface area contributed by atoms with E-state index in [1.807, 2.05) is 67.8 Å². The van der Waals surface area contributed by atoms with Crippen molar-refractivity contribution in [3.63, 3.8) is 0 Å². The van der Waals surface area contributed by atoms with E-state index < -0.39 is 0 Å². The van der Waals surface area contributed by atoms with E-state index in [9.17, 15) is 4.79 Å². The molecule has 0 saturated heterocycles. The number of pyridine rings is 2. The van der Waals surface area contributed by atoms with E-state index in [1.165, 1.54) is 5.56 Å². The molecule has 4 aromatic rings. The molecule has 4 nitrogen and oxygen atoms in total. The lowest BCUT2D eigenvalue weighted by atomic mass is 10.1. The molecule has 0 bridgehead atoms. The number of carbonyl (C=O) groups excluding carboxylic acids is 1. The molecule has 0 N–H and O–H groups in total. The van der Waals surface area contributed by atoms with Crippen LogP contribution in [0.4, 0.5) is 5.82 Å². The summed E-state index contributed by atoms with van der Waals surface area (Å²) in [5.74, 6) is 0.357. The molecule has 0 aliphatic rings. The van der Waals surface area contributed by atoms with Gasteiger partial charge in [0.25, 0.3) is 0 Å². The van der Waals surface area contributed by atoms with Crippen molar-refractivity contribution in [2.45, 2.75) is 13.8 Å². The van der Waals surface area contributed by atoms with Gasteiger partial charge < -0.3 is 0 Å². The Kier molecular flexibility index (Phi) is 5.72. The summed E-state index contributed by atoms with van der Waals surface area (Å²) in [7, 11) is 0. The van der Waals surface area contributed by atoms with Crippen molar-refractivity contribution in [1.82, 2.24) is 4.98 Å². The average molecular weight is 459 g/mol. The van der Waals surface area contributed by atoms with Gasteiger partial charge in [-0.3, -0.25) is 4.79 Å². The van der Waals surface area contributed by atoms with Crippen LogP contribution < -0.4 is 9.69 Å². The standard InChI is InChI=1S/C25H21BrN3O/c1-18-6-10-20(11-7-18)22-16-23(26)24(27-17-22)29(28-14-4-3-5-15-28)25(30)21-12-8-19(2)9-13-21/h3-17H,1-2H3/q+1. The van der Waals surface area contributed by atoms with Crippen LogP contribution in [0.1, 0.15) is 21.5 Å². The van der Waals surface area contributed by atoms with Gasteiger partial charge in [-0.1, -0.05) is 63.3 Å². The molecule has 148 valence electrons. The van der Waals surface area contributed by atoms with Gasteiger partial charge in [-0.15, -0.1) is 0 Å². The van der Waals surface area contributed by atoms with Gasteiger partial charge in [-0.05, 0) is 53.5 Å². The first-order valence-corrected chi connectivity index (χ1v) is 10.4. The molecule has 5 heteroatoms. The summed E-state index contributed by atoms with van der Waals surface area (Å²) in [6.07, 6.45) is 5.45. The molecule has 0 unspecified atom stereocenters. The van der Waals surface area contributed by atoms with E-state index in [0.29, 0.717) is 11.4 Å². The monoisotopic (exact) mass is 458 g/mol. The Bertz CT molecular complexity index is 1170. The Morgan fingerprint density at radius 3 is 2.07 bits per heavy atom. The number of hydrogen-bond acceptors (Lipinski definition) is 2. The Balaban J connectivity index is 1.78.